The van der Waals surface area contributed by atoms with Crippen molar-refractivity contribution < 1.29 is 22.3 Å². The van der Waals surface area contributed by atoms with Crippen LogP contribution in [0.1, 0.15) is 63.2 Å². The van der Waals surface area contributed by atoms with Crippen molar-refractivity contribution in [3.05, 3.63) is 95.1 Å². The average Bonchev–Trinajstić information content (AvgIpc) is 2.90. The Bertz CT molecular complexity index is 1210. The second-order valence-electron chi connectivity index (χ2n) is 9.47. The Morgan fingerprint density at radius 3 is 2.03 bits per heavy atom. The molecular weight excluding hydrogens is 464 g/mol. The van der Waals surface area contributed by atoms with Crippen LogP contribution in [0.25, 0.3) is 22.3 Å². The van der Waals surface area contributed by atoms with E-state index in [4.69, 9.17) is 4.74 Å². The smallest absolute Gasteiger partial charge is 0.167 e. The number of rotatable bonds is 8. The highest BCUT2D eigenvalue weighted by molar-refractivity contribution is 5.71. The lowest BCUT2D eigenvalue weighted by Gasteiger charge is -2.29. The summed E-state index contributed by atoms with van der Waals surface area (Å²) < 4.78 is 65.1. The Morgan fingerprint density at radius 2 is 1.44 bits per heavy atom. The molecule has 1 aliphatic rings. The van der Waals surface area contributed by atoms with Crippen molar-refractivity contribution in [2.24, 2.45) is 5.92 Å². The van der Waals surface area contributed by atoms with Gasteiger partial charge in [-0.1, -0.05) is 74.0 Å². The number of benzene rings is 3. The second kappa shape index (κ2) is 11.9. The third kappa shape index (κ3) is 5.57. The molecule has 0 aliphatic carbocycles. The molecule has 1 saturated heterocycles. The van der Waals surface area contributed by atoms with Crippen LogP contribution in [-0.2, 0) is 11.2 Å². The number of allylic oxidation sites excluding steroid dienone is 2. The Morgan fingerprint density at radius 1 is 0.806 bits per heavy atom. The molecule has 0 spiro atoms. The van der Waals surface area contributed by atoms with Crippen LogP contribution in [0.2, 0.25) is 0 Å². The zero-order valence-electron chi connectivity index (χ0n) is 20.8. The predicted octanol–water partition coefficient (Wildman–Crippen LogP) is 9.35. The maximum atomic E-state index is 15.1. The Labute approximate surface area is 210 Å². The van der Waals surface area contributed by atoms with Crippen molar-refractivity contribution in [1.82, 2.24) is 0 Å². The molecule has 190 valence electrons. The fourth-order valence-electron chi connectivity index (χ4n) is 4.92. The molecule has 1 nitrogen and oxygen atoms in total. The first-order valence-corrected chi connectivity index (χ1v) is 12.7. The minimum atomic E-state index is -0.930. The van der Waals surface area contributed by atoms with Crippen LogP contribution < -0.4 is 0 Å². The first-order valence-electron chi connectivity index (χ1n) is 12.7. The van der Waals surface area contributed by atoms with Crippen LogP contribution in [0, 0.1) is 29.2 Å². The summed E-state index contributed by atoms with van der Waals surface area (Å²) in [6.07, 6.45) is 8.49. The molecule has 0 N–H and O–H groups in total. The average molecular weight is 497 g/mol. The van der Waals surface area contributed by atoms with Gasteiger partial charge in [0.1, 0.15) is 0 Å². The molecule has 3 aromatic rings. The maximum absolute atomic E-state index is 15.1. The van der Waals surface area contributed by atoms with E-state index < -0.39 is 29.4 Å². The molecule has 1 heterocycles. The summed E-state index contributed by atoms with van der Waals surface area (Å²) in [5.74, 6) is -3.12. The highest BCUT2D eigenvalue weighted by atomic mass is 19.2. The monoisotopic (exact) mass is 496 g/mol. The second-order valence-corrected chi connectivity index (χ2v) is 9.47. The molecule has 0 saturated carbocycles. The van der Waals surface area contributed by atoms with Gasteiger partial charge in [0.25, 0.3) is 0 Å². The lowest BCUT2D eigenvalue weighted by Crippen LogP contribution is -2.21. The third-order valence-electron chi connectivity index (χ3n) is 7.00. The van der Waals surface area contributed by atoms with Crippen LogP contribution in [0.5, 0.6) is 0 Å². The van der Waals surface area contributed by atoms with E-state index in [0.29, 0.717) is 42.1 Å². The van der Waals surface area contributed by atoms with E-state index in [9.17, 15) is 8.78 Å². The molecule has 3 aromatic carbocycles. The van der Waals surface area contributed by atoms with Gasteiger partial charge < -0.3 is 4.74 Å². The molecule has 5 heteroatoms. The summed E-state index contributed by atoms with van der Waals surface area (Å²) in [6, 6.07) is 12.7. The summed E-state index contributed by atoms with van der Waals surface area (Å²) in [5.41, 5.74) is 1.77. The minimum Gasteiger partial charge on any atom is -0.373 e. The van der Waals surface area contributed by atoms with E-state index in [-0.39, 0.29) is 16.7 Å². The van der Waals surface area contributed by atoms with Gasteiger partial charge in [0.2, 0.25) is 0 Å². The van der Waals surface area contributed by atoms with Gasteiger partial charge in [0.15, 0.2) is 23.3 Å². The highest BCUT2D eigenvalue weighted by Gasteiger charge is 2.27. The molecule has 0 amide bonds. The van der Waals surface area contributed by atoms with Gasteiger partial charge >= 0.3 is 0 Å². The van der Waals surface area contributed by atoms with E-state index in [1.54, 1.807) is 48.5 Å². The van der Waals surface area contributed by atoms with Gasteiger partial charge in [-0.25, -0.2) is 17.6 Å². The third-order valence-corrected chi connectivity index (χ3v) is 7.00. The van der Waals surface area contributed by atoms with E-state index >= 15 is 8.78 Å². The van der Waals surface area contributed by atoms with Gasteiger partial charge in [0, 0.05) is 16.7 Å². The molecule has 0 radical (unpaired) electrons. The number of aryl methyl sites for hydroxylation is 1. The van der Waals surface area contributed by atoms with Crippen LogP contribution >= 0.6 is 0 Å². The summed E-state index contributed by atoms with van der Waals surface area (Å²) in [7, 11) is 0. The maximum Gasteiger partial charge on any atom is 0.167 e. The topological polar surface area (TPSA) is 9.23 Å². The predicted molar refractivity (Wildman–Crippen MR) is 137 cm³/mol. The molecule has 2 unspecified atom stereocenters. The summed E-state index contributed by atoms with van der Waals surface area (Å²) in [4.78, 5) is 0. The van der Waals surface area contributed by atoms with E-state index in [1.807, 2.05) is 19.9 Å². The summed E-state index contributed by atoms with van der Waals surface area (Å²) in [5, 5.41) is 0. The minimum absolute atomic E-state index is 0.118. The summed E-state index contributed by atoms with van der Waals surface area (Å²) >= 11 is 0. The molecule has 4 rings (SSSR count). The molecule has 1 fully saturated rings. The van der Waals surface area contributed by atoms with Crippen molar-refractivity contribution in [2.45, 2.75) is 58.5 Å². The standard InChI is InChI=1S/C31H32F4O/c1-3-5-6-8-20-9-18-27(36-19-20)26-17-16-25(30(34)31(26)35)22-12-10-21(11-13-22)24-15-14-23(7-4-2)28(32)29(24)33/h3,5,10-17,20,27H,4,6-9,18-19H2,1-2H3. The van der Waals surface area contributed by atoms with Crippen LogP contribution in [-0.4, -0.2) is 6.61 Å². The summed E-state index contributed by atoms with van der Waals surface area (Å²) in [6.45, 7) is 4.45. The fraction of sp³-hybridized carbons (Fsp3) is 0.355. The van der Waals surface area contributed by atoms with Gasteiger partial charge in [0.05, 0.1) is 12.7 Å². The number of halogens is 4. The van der Waals surface area contributed by atoms with Crippen LogP contribution in [0.4, 0.5) is 17.6 Å². The van der Waals surface area contributed by atoms with E-state index in [1.165, 1.54) is 0 Å². The molecule has 36 heavy (non-hydrogen) atoms. The highest BCUT2D eigenvalue weighted by Crippen LogP contribution is 2.37. The Kier molecular flexibility index (Phi) is 8.63. The SMILES string of the molecule is CC=CCCC1CCC(c2ccc(-c3ccc(-c4ccc(CCC)c(F)c4F)cc3)c(F)c2F)OC1. The van der Waals surface area contributed by atoms with Crippen molar-refractivity contribution >= 4 is 0 Å². The zero-order valence-corrected chi connectivity index (χ0v) is 20.8. The van der Waals surface area contributed by atoms with Gasteiger partial charge in [-0.3, -0.25) is 0 Å². The first-order chi connectivity index (χ1) is 17.4. The van der Waals surface area contributed by atoms with Crippen molar-refractivity contribution in [1.29, 1.82) is 0 Å². The molecule has 0 bridgehead atoms. The normalized spacial score (nSPS) is 18.2. The Hall–Kier alpha value is -2.92. The van der Waals surface area contributed by atoms with Gasteiger partial charge in [-0.2, -0.15) is 0 Å². The van der Waals surface area contributed by atoms with Gasteiger partial charge in [-0.15, -0.1) is 0 Å². The first kappa shape index (κ1) is 26.2. The lowest BCUT2D eigenvalue weighted by atomic mass is 9.90. The molecular formula is C31H32F4O. The van der Waals surface area contributed by atoms with Crippen molar-refractivity contribution in [3.8, 4) is 22.3 Å². The van der Waals surface area contributed by atoms with Crippen molar-refractivity contribution in [2.75, 3.05) is 6.61 Å². The zero-order chi connectivity index (χ0) is 25.7. The fourth-order valence-corrected chi connectivity index (χ4v) is 4.92. The van der Waals surface area contributed by atoms with Crippen LogP contribution in [0.15, 0.2) is 60.7 Å². The molecule has 0 aromatic heterocycles. The lowest BCUT2D eigenvalue weighted by molar-refractivity contribution is -0.0210. The quantitative estimate of drug-likeness (QED) is 0.223. The molecule has 2 atom stereocenters. The number of hydrogen-bond acceptors (Lipinski definition) is 1. The van der Waals surface area contributed by atoms with E-state index in [0.717, 1.165) is 25.7 Å². The van der Waals surface area contributed by atoms with Crippen LogP contribution in [0.3, 0.4) is 0 Å². The van der Waals surface area contributed by atoms with Crippen molar-refractivity contribution in [3.63, 3.8) is 0 Å². The number of ether oxygens (including phenoxy) is 1. The number of hydrogen-bond donors (Lipinski definition) is 0. The van der Waals surface area contributed by atoms with Gasteiger partial charge in [-0.05, 0) is 61.6 Å². The van der Waals surface area contributed by atoms with E-state index in [2.05, 4.69) is 6.08 Å². The molecule has 1 aliphatic heterocycles. The Balaban J connectivity index is 1.50. The largest absolute Gasteiger partial charge is 0.373 e.